The van der Waals surface area contributed by atoms with Gasteiger partial charge in [0, 0.05) is 11.6 Å². The van der Waals surface area contributed by atoms with Crippen LogP contribution in [-0.2, 0) is 10.0 Å². The van der Waals surface area contributed by atoms with Crippen molar-refractivity contribution in [3.05, 3.63) is 59.9 Å². The first-order valence-electron chi connectivity index (χ1n) is 13.2. The molecule has 0 aliphatic heterocycles. The molecule has 2 aromatic heterocycles. The van der Waals surface area contributed by atoms with E-state index in [1.165, 1.54) is 42.5 Å². The smallest absolute Gasteiger partial charge is 0.281 e. The molecule has 3 N–H and O–H groups in total. The van der Waals surface area contributed by atoms with Crippen LogP contribution in [0.25, 0.3) is 11.3 Å². The third kappa shape index (κ3) is 7.47. The van der Waals surface area contributed by atoms with Crippen LogP contribution < -0.4 is 19.9 Å². The van der Waals surface area contributed by atoms with E-state index in [-0.39, 0.29) is 29.8 Å². The summed E-state index contributed by atoms with van der Waals surface area (Å²) in [5.74, 6) is -0.293. The second-order valence-corrected chi connectivity index (χ2v) is 12.8. The Bertz CT molecular complexity index is 1490. The van der Waals surface area contributed by atoms with E-state index in [1.54, 1.807) is 6.07 Å². The van der Waals surface area contributed by atoms with E-state index in [9.17, 15) is 17.6 Å². The highest BCUT2D eigenvalue weighted by Crippen LogP contribution is 2.54. The Morgan fingerprint density at radius 3 is 2.58 bits per heavy atom. The summed E-state index contributed by atoms with van der Waals surface area (Å²) in [5, 5.41) is -0.395. The molecule has 1 aliphatic rings. The van der Waals surface area contributed by atoms with Crippen LogP contribution in [0.3, 0.4) is 0 Å². The van der Waals surface area contributed by atoms with Crippen molar-refractivity contribution < 1.29 is 27.1 Å². The van der Waals surface area contributed by atoms with Crippen LogP contribution in [0.5, 0.6) is 11.6 Å². The summed E-state index contributed by atoms with van der Waals surface area (Å²) >= 11 is 0. The number of benzene rings is 1. The highest BCUT2D eigenvalue weighted by molar-refractivity contribution is 7.90. The topological polar surface area (TPSA) is 134 Å². The van der Waals surface area contributed by atoms with Crippen molar-refractivity contribution in [2.24, 2.45) is 17.3 Å². The first-order valence-corrected chi connectivity index (χ1v) is 14.7. The second kappa shape index (κ2) is 11.8. The number of amides is 1. The summed E-state index contributed by atoms with van der Waals surface area (Å²) in [6.07, 6.45) is 2.86. The van der Waals surface area contributed by atoms with Crippen molar-refractivity contribution in [2.75, 3.05) is 18.9 Å². The molecule has 1 aliphatic carbocycles. The summed E-state index contributed by atoms with van der Waals surface area (Å²) in [7, 11) is -4.32. The van der Waals surface area contributed by atoms with Gasteiger partial charge in [-0.1, -0.05) is 33.8 Å². The summed E-state index contributed by atoms with van der Waals surface area (Å²) < 4.78 is 53.6. The number of carbonyl (C=O) groups excluding carboxylic acids is 1. The van der Waals surface area contributed by atoms with E-state index in [0.717, 1.165) is 19.3 Å². The molecule has 1 saturated carbocycles. The number of nitrogens with two attached hydrogens (primary N) is 1. The lowest BCUT2D eigenvalue weighted by molar-refractivity contribution is 0.0976. The summed E-state index contributed by atoms with van der Waals surface area (Å²) in [6.45, 7) is 9.11. The maximum absolute atomic E-state index is 14.4. The number of ether oxygens (including phenoxy) is 2. The summed E-state index contributed by atoms with van der Waals surface area (Å²) in [4.78, 5) is 21.4. The Labute approximate surface area is 234 Å². The Kier molecular flexibility index (Phi) is 8.62. The van der Waals surface area contributed by atoms with Gasteiger partial charge in [0.1, 0.15) is 22.9 Å². The minimum atomic E-state index is -4.32. The number of hydrogen-bond donors (Lipinski definition) is 2. The average molecular weight is 571 g/mol. The standard InChI is InChI=1S/C29H35FN4O5S/c1-18(2)17-39-22-14-19(13-21(30)15-22)24-11-10-23(28(32-24)38-12-6-7-20-16-29(20,3)4)27(35)34-40(36,37)26-9-5-8-25(31)33-26/h5,8-11,13-15,18,20H,6-7,12,16-17H2,1-4H3,(H2,31,33)(H,34,35). The molecule has 4 rings (SSSR count). The Morgan fingerprint density at radius 1 is 1.15 bits per heavy atom. The van der Waals surface area contributed by atoms with Crippen LogP contribution >= 0.6 is 0 Å². The quantitative estimate of drug-likeness (QED) is 0.283. The molecule has 1 atom stereocenters. The summed E-state index contributed by atoms with van der Waals surface area (Å²) in [6, 6.07) is 11.2. The van der Waals surface area contributed by atoms with E-state index in [2.05, 4.69) is 23.8 Å². The van der Waals surface area contributed by atoms with Crippen LogP contribution in [-0.4, -0.2) is 37.5 Å². The van der Waals surface area contributed by atoms with Crippen LogP contribution in [0.2, 0.25) is 0 Å². The predicted molar refractivity (Wildman–Crippen MR) is 150 cm³/mol. The zero-order valence-corrected chi connectivity index (χ0v) is 23.9. The molecule has 1 aromatic carbocycles. The highest BCUT2D eigenvalue weighted by Gasteiger charge is 2.44. The molecule has 2 heterocycles. The van der Waals surface area contributed by atoms with Crippen molar-refractivity contribution in [1.29, 1.82) is 0 Å². The van der Waals surface area contributed by atoms with Gasteiger partial charge in [0.2, 0.25) is 5.88 Å². The van der Waals surface area contributed by atoms with Crippen LogP contribution in [0.1, 0.15) is 57.3 Å². The molecule has 214 valence electrons. The number of nitrogens with zero attached hydrogens (tertiary/aromatic N) is 2. The zero-order chi connectivity index (χ0) is 29.1. The Hall–Kier alpha value is -3.73. The van der Waals surface area contributed by atoms with Gasteiger partial charge in [-0.3, -0.25) is 4.79 Å². The molecule has 1 fully saturated rings. The largest absolute Gasteiger partial charge is 0.493 e. The fourth-order valence-electron chi connectivity index (χ4n) is 4.32. The van der Waals surface area contributed by atoms with Crippen LogP contribution in [0, 0.1) is 23.1 Å². The number of rotatable bonds is 12. The number of carbonyl (C=O) groups is 1. The SMILES string of the molecule is CC(C)COc1cc(F)cc(-c2ccc(C(=O)NS(=O)(=O)c3cccc(N)n3)c(OCCCC3CC3(C)C)n2)c1. The van der Waals surface area contributed by atoms with Gasteiger partial charge in [-0.05, 0) is 72.9 Å². The van der Waals surface area contributed by atoms with E-state index < -0.39 is 26.8 Å². The molecule has 0 radical (unpaired) electrons. The van der Waals surface area contributed by atoms with Crippen molar-refractivity contribution >= 4 is 21.7 Å². The molecule has 3 aromatic rings. The van der Waals surface area contributed by atoms with E-state index >= 15 is 0 Å². The second-order valence-electron chi connectivity index (χ2n) is 11.1. The highest BCUT2D eigenvalue weighted by atomic mass is 32.2. The third-order valence-electron chi connectivity index (χ3n) is 6.76. The van der Waals surface area contributed by atoms with Gasteiger partial charge in [0.05, 0.1) is 18.9 Å². The first kappa shape index (κ1) is 29.3. The molecule has 9 nitrogen and oxygen atoms in total. The van der Waals surface area contributed by atoms with Gasteiger partial charge >= 0.3 is 0 Å². The molecule has 0 bridgehead atoms. The number of nitrogen functional groups attached to an aromatic ring is 1. The van der Waals surface area contributed by atoms with Crippen molar-refractivity contribution in [2.45, 2.75) is 52.0 Å². The predicted octanol–water partition coefficient (Wildman–Crippen LogP) is 5.22. The fourth-order valence-corrected chi connectivity index (χ4v) is 5.26. The minimum absolute atomic E-state index is 0.00366. The Morgan fingerprint density at radius 2 is 1.90 bits per heavy atom. The van der Waals surface area contributed by atoms with E-state index in [0.29, 0.717) is 34.9 Å². The van der Waals surface area contributed by atoms with Gasteiger partial charge in [-0.25, -0.2) is 19.1 Å². The maximum Gasteiger partial charge on any atom is 0.281 e. The number of sulfonamides is 1. The lowest BCUT2D eigenvalue weighted by Crippen LogP contribution is -2.31. The number of nitrogens with one attached hydrogen (secondary N) is 1. The third-order valence-corrected chi connectivity index (χ3v) is 7.99. The average Bonchev–Trinajstić information content (AvgIpc) is 3.50. The monoisotopic (exact) mass is 570 g/mol. The van der Waals surface area contributed by atoms with Gasteiger partial charge in [-0.15, -0.1) is 0 Å². The molecule has 1 unspecified atom stereocenters. The van der Waals surface area contributed by atoms with Gasteiger partial charge in [0.25, 0.3) is 15.9 Å². The lowest BCUT2D eigenvalue weighted by atomic mass is 10.1. The van der Waals surface area contributed by atoms with Gasteiger partial charge in [-0.2, -0.15) is 8.42 Å². The molecule has 1 amide bonds. The van der Waals surface area contributed by atoms with Crippen molar-refractivity contribution in [1.82, 2.24) is 14.7 Å². The fraction of sp³-hybridized carbons (Fsp3) is 0.414. The number of aromatic nitrogens is 2. The number of pyridine rings is 2. The molecule has 0 saturated heterocycles. The number of hydrogen-bond acceptors (Lipinski definition) is 8. The van der Waals surface area contributed by atoms with Gasteiger partial charge in [0.15, 0.2) is 5.03 Å². The first-order chi connectivity index (χ1) is 18.8. The lowest BCUT2D eigenvalue weighted by Gasteiger charge is -2.14. The molecule has 40 heavy (non-hydrogen) atoms. The van der Waals surface area contributed by atoms with Crippen LogP contribution in [0.15, 0.2) is 53.6 Å². The minimum Gasteiger partial charge on any atom is -0.493 e. The molecular weight excluding hydrogens is 535 g/mol. The van der Waals surface area contributed by atoms with E-state index in [4.69, 9.17) is 15.2 Å². The molecule has 0 spiro atoms. The number of halogens is 1. The normalized spacial score (nSPS) is 16.0. The Balaban J connectivity index is 1.60. The number of anilines is 1. The van der Waals surface area contributed by atoms with Gasteiger partial charge < -0.3 is 15.2 Å². The van der Waals surface area contributed by atoms with Crippen molar-refractivity contribution in [3.8, 4) is 22.9 Å². The molecule has 11 heteroatoms. The molecular formula is C29H35FN4O5S. The zero-order valence-electron chi connectivity index (χ0n) is 23.1. The summed E-state index contributed by atoms with van der Waals surface area (Å²) in [5.41, 5.74) is 6.61. The van der Waals surface area contributed by atoms with E-state index in [1.807, 2.05) is 18.6 Å². The maximum atomic E-state index is 14.4. The van der Waals surface area contributed by atoms with Crippen molar-refractivity contribution in [3.63, 3.8) is 0 Å². The van der Waals surface area contributed by atoms with Crippen LogP contribution in [0.4, 0.5) is 10.2 Å².